The maximum Gasteiger partial charge on any atom is 0.238 e. The monoisotopic (exact) mass is 337 g/mol. The van der Waals surface area contributed by atoms with Crippen molar-refractivity contribution in [3.8, 4) is 0 Å². The summed E-state index contributed by atoms with van der Waals surface area (Å²) in [5.74, 6) is 0.0236. The Bertz CT molecular complexity index is 708. The summed E-state index contributed by atoms with van der Waals surface area (Å²) in [4.78, 5) is 16.8. The molecule has 4 heteroatoms. The molecule has 1 amide bonds. The van der Waals surface area contributed by atoms with Gasteiger partial charge in [-0.2, -0.15) is 0 Å². The van der Waals surface area contributed by atoms with E-state index in [1.54, 1.807) is 0 Å². The normalized spacial score (nSPS) is 14.1. The highest BCUT2D eigenvalue weighted by Crippen LogP contribution is 2.25. The van der Waals surface area contributed by atoms with Gasteiger partial charge in [0.25, 0.3) is 0 Å². The van der Waals surface area contributed by atoms with Gasteiger partial charge in [0.15, 0.2) is 0 Å². The molecule has 3 rings (SSSR count). The van der Waals surface area contributed by atoms with Gasteiger partial charge in [0.05, 0.1) is 6.54 Å². The highest BCUT2D eigenvalue weighted by atomic mass is 16.2. The van der Waals surface area contributed by atoms with E-state index >= 15 is 0 Å². The minimum Gasteiger partial charge on any atom is -0.372 e. The summed E-state index contributed by atoms with van der Waals surface area (Å²) in [5.41, 5.74) is 4.49. The van der Waals surface area contributed by atoms with Gasteiger partial charge in [-0.1, -0.05) is 30.3 Å². The predicted molar refractivity (Wildman–Crippen MR) is 104 cm³/mol. The molecular weight excluding hydrogens is 310 g/mol. The van der Waals surface area contributed by atoms with Gasteiger partial charge in [-0.15, -0.1) is 0 Å². The topological polar surface area (TPSA) is 35.6 Å². The minimum absolute atomic E-state index is 0.0236. The molecule has 0 aliphatic carbocycles. The van der Waals surface area contributed by atoms with Crippen LogP contribution in [0.4, 0.5) is 11.4 Å². The van der Waals surface area contributed by atoms with Crippen molar-refractivity contribution < 1.29 is 4.79 Å². The Morgan fingerprint density at radius 3 is 2.52 bits per heavy atom. The fraction of sp³-hybridized carbons (Fsp3) is 0.381. The number of benzene rings is 2. The molecule has 0 spiro atoms. The zero-order valence-corrected chi connectivity index (χ0v) is 15.2. The summed E-state index contributed by atoms with van der Waals surface area (Å²) in [6.45, 7) is 5.47. The zero-order valence-electron chi connectivity index (χ0n) is 15.2. The van der Waals surface area contributed by atoms with Gasteiger partial charge in [-0.05, 0) is 56.1 Å². The molecule has 0 saturated carbocycles. The Labute approximate surface area is 150 Å². The Morgan fingerprint density at radius 2 is 1.84 bits per heavy atom. The molecule has 0 atom stereocenters. The van der Waals surface area contributed by atoms with Crippen LogP contribution in [0.25, 0.3) is 0 Å². The minimum atomic E-state index is 0.0236. The van der Waals surface area contributed by atoms with Crippen LogP contribution in [0.5, 0.6) is 0 Å². The summed E-state index contributed by atoms with van der Waals surface area (Å²) in [6.07, 6.45) is 2.54. The predicted octanol–water partition coefficient (Wildman–Crippen LogP) is 3.67. The van der Waals surface area contributed by atoms with Crippen LogP contribution in [-0.2, 0) is 11.3 Å². The standard InChI is InChI=1S/C21H27N3O/c1-17-14-19(24-12-6-7-13-24)10-11-20(17)22-21(25)16-23(2)15-18-8-4-3-5-9-18/h3-5,8-11,14H,6-7,12-13,15-16H2,1-2H3,(H,22,25). The van der Waals surface area contributed by atoms with Crippen molar-refractivity contribution in [3.05, 3.63) is 59.7 Å². The molecule has 132 valence electrons. The second kappa shape index (κ2) is 8.17. The fourth-order valence-corrected chi connectivity index (χ4v) is 3.35. The number of amides is 1. The first-order valence-electron chi connectivity index (χ1n) is 9.00. The van der Waals surface area contributed by atoms with Crippen molar-refractivity contribution in [2.75, 3.05) is 36.9 Å². The van der Waals surface area contributed by atoms with E-state index in [0.717, 1.165) is 30.9 Å². The molecule has 2 aromatic rings. The molecule has 1 saturated heterocycles. The second-order valence-electron chi connectivity index (χ2n) is 6.90. The number of aryl methyl sites for hydroxylation is 1. The van der Waals surface area contributed by atoms with Gasteiger partial charge in [0.1, 0.15) is 0 Å². The van der Waals surface area contributed by atoms with Crippen molar-refractivity contribution in [2.24, 2.45) is 0 Å². The molecule has 1 aliphatic heterocycles. The van der Waals surface area contributed by atoms with Crippen LogP contribution in [-0.4, -0.2) is 37.5 Å². The Kier molecular flexibility index (Phi) is 5.71. The van der Waals surface area contributed by atoms with Crippen molar-refractivity contribution in [1.29, 1.82) is 0 Å². The Morgan fingerprint density at radius 1 is 1.12 bits per heavy atom. The average molecular weight is 337 g/mol. The lowest BCUT2D eigenvalue weighted by atomic mass is 10.1. The number of rotatable bonds is 6. The number of anilines is 2. The van der Waals surface area contributed by atoms with E-state index in [4.69, 9.17) is 0 Å². The van der Waals surface area contributed by atoms with Gasteiger partial charge in [-0.25, -0.2) is 0 Å². The lowest BCUT2D eigenvalue weighted by Crippen LogP contribution is -2.30. The number of carbonyl (C=O) groups is 1. The molecule has 1 heterocycles. The van der Waals surface area contributed by atoms with Gasteiger partial charge >= 0.3 is 0 Å². The smallest absolute Gasteiger partial charge is 0.238 e. The third kappa shape index (κ3) is 4.83. The van der Waals surface area contributed by atoms with Gasteiger partial charge in [0.2, 0.25) is 5.91 Å². The summed E-state index contributed by atoms with van der Waals surface area (Å²) < 4.78 is 0. The van der Waals surface area contributed by atoms with Crippen molar-refractivity contribution >= 4 is 17.3 Å². The van der Waals surface area contributed by atoms with E-state index in [1.807, 2.05) is 36.2 Å². The first kappa shape index (κ1) is 17.5. The molecule has 0 bridgehead atoms. The molecule has 25 heavy (non-hydrogen) atoms. The quantitative estimate of drug-likeness (QED) is 0.874. The van der Waals surface area contributed by atoms with E-state index in [9.17, 15) is 4.79 Å². The summed E-state index contributed by atoms with van der Waals surface area (Å²) in [5, 5.41) is 3.05. The lowest BCUT2D eigenvalue weighted by Gasteiger charge is -2.20. The Balaban J connectivity index is 1.55. The molecule has 0 unspecified atom stereocenters. The molecule has 4 nitrogen and oxygen atoms in total. The van der Waals surface area contributed by atoms with Gasteiger partial charge in [0, 0.05) is 31.0 Å². The van der Waals surface area contributed by atoms with Gasteiger partial charge in [-0.3, -0.25) is 9.69 Å². The highest BCUT2D eigenvalue weighted by Gasteiger charge is 2.14. The van der Waals surface area contributed by atoms with E-state index in [1.165, 1.54) is 24.1 Å². The second-order valence-corrected chi connectivity index (χ2v) is 6.90. The lowest BCUT2D eigenvalue weighted by molar-refractivity contribution is -0.117. The third-order valence-corrected chi connectivity index (χ3v) is 4.66. The fourth-order valence-electron chi connectivity index (χ4n) is 3.35. The zero-order chi connectivity index (χ0) is 17.6. The van der Waals surface area contributed by atoms with Crippen molar-refractivity contribution in [1.82, 2.24) is 4.90 Å². The molecule has 0 aromatic heterocycles. The maximum absolute atomic E-state index is 12.3. The number of hydrogen-bond donors (Lipinski definition) is 1. The Hall–Kier alpha value is -2.33. The third-order valence-electron chi connectivity index (χ3n) is 4.66. The molecule has 1 aliphatic rings. The van der Waals surface area contributed by atoms with E-state index in [0.29, 0.717) is 6.54 Å². The summed E-state index contributed by atoms with van der Waals surface area (Å²) >= 11 is 0. The van der Waals surface area contributed by atoms with Crippen LogP contribution >= 0.6 is 0 Å². The number of likely N-dealkylation sites (N-methyl/N-ethyl adjacent to an activating group) is 1. The molecule has 0 radical (unpaired) electrons. The SMILES string of the molecule is Cc1cc(N2CCCC2)ccc1NC(=O)CN(C)Cc1ccccc1. The molecule has 1 fully saturated rings. The molecular formula is C21H27N3O. The first-order chi connectivity index (χ1) is 12.1. The van der Waals surface area contributed by atoms with Crippen LogP contribution in [0.1, 0.15) is 24.0 Å². The summed E-state index contributed by atoms with van der Waals surface area (Å²) in [7, 11) is 1.97. The van der Waals surface area contributed by atoms with E-state index in [2.05, 4.69) is 41.4 Å². The summed E-state index contributed by atoms with van der Waals surface area (Å²) in [6, 6.07) is 16.5. The largest absolute Gasteiger partial charge is 0.372 e. The number of nitrogens with zero attached hydrogens (tertiary/aromatic N) is 2. The number of hydrogen-bond acceptors (Lipinski definition) is 3. The van der Waals surface area contributed by atoms with Crippen molar-refractivity contribution in [2.45, 2.75) is 26.3 Å². The molecule has 1 N–H and O–H groups in total. The highest BCUT2D eigenvalue weighted by molar-refractivity contribution is 5.93. The maximum atomic E-state index is 12.3. The van der Waals surface area contributed by atoms with Crippen LogP contribution in [0.3, 0.4) is 0 Å². The van der Waals surface area contributed by atoms with Gasteiger partial charge < -0.3 is 10.2 Å². The number of carbonyl (C=O) groups excluding carboxylic acids is 1. The molecule has 2 aromatic carbocycles. The van der Waals surface area contributed by atoms with Crippen LogP contribution in [0.2, 0.25) is 0 Å². The van der Waals surface area contributed by atoms with E-state index < -0.39 is 0 Å². The van der Waals surface area contributed by atoms with Crippen LogP contribution < -0.4 is 10.2 Å². The average Bonchev–Trinajstić information content (AvgIpc) is 3.12. The first-order valence-corrected chi connectivity index (χ1v) is 9.00. The van der Waals surface area contributed by atoms with Crippen molar-refractivity contribution in [3.63, 3.8) is 0 Å². The van der Waals surface area contributed by atoms with Crippen LogP contribution in [0.15, 0.2) is 48.5 Å². The number of nitrogens with one attached hydrogen (secondary N) is 1. The van der Waals surface area contributed by atoms with E-state index in [-0.39, 0.29) is 5.91 Å². The van der Waals surface area contributed by atoms with Crippen LogP contribution in [0, 0.1) is 6.92 Å².